The van der Waals surface area contributed by atoms with Crippen LogP contribution >= 0.6 is 0 Å². The maximum atomic E-state index is 13.5. The van der Waals surface area contributed by atoms with Crippen LogP contribution in [0.5, 0.6) is 0 Å². The van der Waals surface area contributed by atoms with Gasteiger partial charge in [0, 0.05) is 13.0 Å². The number of benzene rings is 1. The highest BCUT2D eigenvalue weighted by atomic mass is 16.6. The third-order valence-corrected chi connectivity index (χ3v) is 7.80. The Kier molecular flexibility index (Phi) is 10.8. The molecule has 0 aliphatic carbocycles. The van der Waals surface area contributed by atoms with Gasteiger partial charge in [-0.05, 0) is 36.7 Å². The van der Waals surface area contributed by atoms with Gasteiger partial charge < -0.3 is 26.0 Å². The molecule has 41 heavy (non-hydrogen) atoms. The van der Waals surface area contributed by atoms with Crippen molar-refractivity contribution in [1.82, 2.24) is 20.4 Å². The van der Waals surface area contributed by atoms with Gasteiger partial charge >= 0.3 is 6.09 Å². The molecule has 3 rings (SSSR count). The minimum absolute atomic E-state index is 0.0144. The smallest absolute Gasteiger partial charge is 0.417 e. The van der Waals surface area contributed by atoms with E-state index in [2.05, 4.69) is 10.6 Å². The number of primary amides is 1. The zero-order chi connectivity index (χ0) is 30.3. The lowest BCUT2D eigenvalue weighted by Crippen LogP contribution is -2.60. The predicted molar refractivity (Wildman–Crippen MR) is 149 cm³/mol. The van der Waals surface area contributed by atoms with Crippen molar-refractivity contribution in [2.24, 2.45) is 17.6 Å². The second-order valence-electron chi connectivity index (χ2n) is 11.1. The standard InChI is InChI=1S/C29H41N5O7/c1-5-18(4)24(27(38)31-23(17(2)3)28(39)33-15-9-12-20(33)25(30)36)32-26(37)21-13-14-22(35)34(21)29(40)41-16-19-10-7-6-8-11-19/h6-8,10-11,17-18,20-21,23-24H,5,9,12-16H2,1-4H3,(H2,30,36)(H,31,38)(H,32,37)/t18-,20-,21-,23+,24-/m0/s1. The molecule has 4 N–H and O–H groups in total. The summed E-state index contributed by atoms with van der Waals surface area (Å²) in [6.45, 7) is 7.50. The molecule has 0 saturated carbocycles. The van der Waals surface area contributed by atoms with Crippen LogP contribution in [0.4, 0.5) is 4.79 Å². The SMILES string of the molecule is CC[C@H](C)[C@H](NC(=O)[C@@H]1CCC(=O)N1C(=O)OCc1ccccc1)C(=O)N[C@@H](C(=O)N1CCC[C@H]1C(N)=O)C(C)C. The van der Waals surface area contributed by atoms with E-state index in [1.165, 1.54) is 4.90 Å². The second kappa shape index (κ2) is 14.1. The Balaban J connectivity index is 1.71. The number of hydrogen-bond acceptors (Lipinski definition) is 7. The number of carbonyl (C=O) groups excluding carboxylic acids is 6. The van der Waals surface area contributed by atoms with Crippen molar-refractivity contribution >= 4 is 35.6 Å². The number of carbonyl (C=O) groups is 6. The monoisotopic (exact) mass is 571 g/mol. The van der Waals surface area contributed by atoms with Crippen LogP contribution in [0.1, 0.15) is 65.4 Å². The minimum Gasteiger partial charge on any atom is -0.444 e. The number of nitrogens with one attached hydrogen (secondary N) is 2. The predicted octanol–water partition coefficient (Wildman–Crippen LogP) is 1.46. The fourth-order valence-corrected chi connectivity index (χ4v) is 5.16. The summed E-state index contributed by atoms with van der Waals surface area (Å²) < 4.78 is 5.30. The Hall–Kier alpha value is -3.96. The Morgan fingerprint density at radius 2 is 1.68 bits per heavy atom. The first-order valence-electron chi connectivity index (χ1n) is 14.2. The third-order valence-electron chi connectivity index (χ3n) is 7.80. The number of amides is 6. The van der Waals surface area contributed by atoms with E-state index >= 15 is 0 Å². The highest BCUT2D eigenvalue weighted by Crippen LogP contribution is 2.23. The normalized spacial score (nSPS) is 20.9. The molecule has 2 fully saturated rings. The third kappa shape index (κ3) is 7.62. The van der Waals surface area contributed by atoms with Crippen LogP contribution in [0.25, 0.3) is 0 Å². The zero-order valence-corrected chi connectivity index (χ0v) is 24.1. The number of imide groups is 1. The molecule has 0 unspecified atom stereocenters. The van der Waals surface area contributed by atoms with Crippen LogP contribution in [0.15, 0.2) is 30.3 Å². The molecule has 0 aromatic heterocycles. The Labute approximate surface area is 240 Å². The van der Waals surface area contributed by atoms with Gasteiger partial charge in [0.05, 0.1) is 0 Å². The highest BCUT2D eigenvalue weighted by molar-refractivity contribution is 6.02. The van der Waals surface area contributed by atoms with E-state index in [1.807, 2.05) is 13.0 Å². The van der Waals surface area contributed by atoms with Gasteiger partial charge in [0.25, 0.3) is 0 Å². The van der Waals surface area contributed by atoms with Crippen molar-refractivity contribution in [3.8, 4) is 0 Å². The molecular weight excluding hydrogens is 530 g/mol. The maximum absolute atomic E-state index is 13.5. The maximum Gasteiger partial charge on any atom is 0.417 e. The lowest BCUT2D eigenvalue weighted by Gasteiger charge is -2.32. The van der Waals surface area contributed by atoms with Crippen LogP contribution in [-0.4, -0.2) is 76.1 Å². The van der Waals surface area contributed by atoms with Crippen LogP contribution in [0.3, 0.4) is 0 Å². The van der Waals surface area contributed by atoms with Gasteiger partial charge in [-0.25, -0.2) is 9.69 Å². The van der Waals surface area contributed by atoms with Gasteiger partial charge in [-0.3, -0.25) is 24.0 Å². The topological polar surface area (TPSA) is 168 Å². The summed E-state index contributed by atoms with van der Waals surface area (Å²) in [5.74, 6) is -3.40. The van der Waals surface area contributed by atoms with E-state index in [9.17, 15) is 28.8 Å². The highest BCUT2D eigenvalue weighted by Gasteiger charge is 2.43. The lowest BCUT2D eigenvalue weighted by atomic mass is 9.95. The lowest BCUT2D eigenvalue weighted by molar-refractivity contribution is -0.142. The molecule has 5 atom stereocenters. The molecule has 0 bridgehead atoms. The van der Waals surface area contributed by atoms with Gasteiger partial charge in [0.15, 0.2) is 0 Å². The van der Waals surface area contributed by atoms with Crippen LogP contribution < -0.4 is 16.4 Å². The van der Waals surface area contributed by atoms with Crippen LogP contribution in [0, 0.1) is 11.8 Å². The molecular formula is C29H41N5O7. The summed E-state index contributed by atoms with van der Waals surface area (Å²) in [4.78, 5) is 79.7. The Morgan fingerprint density at radius 3 is 2.29 bits per heavy atom. The Morgan fingerprint density at radius 1 is 1.00 bits per heavy atom. The fourth-order valence-electron chi connectivity index (χ4n) is 5.16. The van der Waals surface area contributed by atoms with Crippen LogP contribution in [0.2, 0.25) is 0 Å². The minimum atomic E-state index is -1.13. The molecule has 2 aliphatic rings. The van der Waals surface area contributed by atoms with E-state index in [4.69, 9.17) is 10.5 Å². The molecule has 12 heteroatoms. The van der Waals surface area contributed by atoms with E-state index in [-0.39, 0.29) is 31.3 Å². The van der Waals surface area contributed by atoms with Crippen molar-refractivity contribution in [1.29, 1.82) is 0 Å². The second-order valence-corrected chi connectivity index (χ2v) is 11.1. The molecule has 1 aromatic carbocycles. The average Bonchev–Trinajstić information content (AvgIpc) is 3.60. The molecule has 0 spiro atoms. The van der Waals surface area contributed by atoms with Gasteiger partial charge in [-0.15, -0.1) is 0 Å². The van der Waals surface area contributed by atoms with E-state index in [1.54, 1.807) is 45.0 Å². The average molecular weight is 572 g/mol. The summed E-state index contributed by atoms with van der Waals surface area (Å²) >= 11 is 0. The van der Waals surface area contributed by atoms with Crippen molar-refractivity contribution < 1.29 is 33.5 Å². The van der Waals surface area contributed by atoms with Crippen molar-refractivity contribution in [2.45, 2.75) is 90.6 Å². The summed E-state index contributed by atoms with van der Waals surface area (Å²) in [7, 11) is 0. The zero-order valence-electron chi connectivity index (χ0n) is 24.1. The van der Waals surface area contributed by atoms with Crippen LogP contribution in [-0.2, 0) is 35.3 Å². The van der Waals surface area contributed by atoms with Gasteiger partial charge in [-0.1, -0.05) is 64.4 Å². The summed E-state index contributed by atoms with van der Waals surface area (Å²) in [6.07, 6.45) is 0.780. The fraction of sp³-hybridized carbons (Fsp3) is 0.586. The van der Waals surface area contributed by atoms with Crippen molar-refractivity contribution in [3.63, 3.8) is 0 Å². The van der Waals surface area contributed by atoms with E-state index in [0.717, 1.165) is 10.5 Å². The molecule has 2 heterocycles. The molecule has 0 radical (unpaired) electrons. The van der Waals surface area contributed by atoms with Crippen molar-refractivity contribution in [3.05, 3.63) is 35.9 Å². The molecule has 2 aliphatic heterocycles. The molecule has 12 nitrogen and oxygen atoms in total. The first kappa shape index (κ1) is 31.6. The summed E-state index contributed by atoms with van der Waals surface area (Å²) in [5, 5.41) is 5.49. The largest absolute Gasteiger partial charge is 0.444 e. The van der Waals surface area contributed by atoms with E-state index in [0.29, 0.717) is 25.8 Å². The molecule has 2 saturated heterocycles. The van der Waals surface area contributed by atoms with Gasteiger partial charge in [0.2, 0.25) is 29.5 Å². The summed E-state index contributed by atoms with van der Waals surface area (Å²) in [6, 6.07) is 5.11. The van der Waals surface area contributed by atoms with E-state index < -0.39 is 59.8 Å². The number of nitrogens with zero attached hydrogens (tertiary/aromatic N) is 2. The number of likely N-dealkylation sites (tertiary alicyclic amines) is 2. The first-order chi connectivity index (χ1) is 19.5. The van der Waals surface area contributed by atoms with Crippen molar-refractivity contribution in [2.75, 3.05) is 6.54 Å². The van der Waals surface area contributed by atoms with Gasteiger partial charge in [0.1, 0.15) is 30.8 Å². The van der Waals surface area contributed by atoms with Gasteiger partial charge in [-0.2, -0.15) is 0 Å². The molecule has 6 amide bonds. The molecule has 224 valence electrons. The first-order valence-corrected chi connectivity index (χ1v) is 14.2. The summed E-state index contributed by atoms with van der Waals surface area (Å²) in [5.41, 5.74) is 6.22. The number of rotatable bonds is 11. The number of nitrogens with two attached hydrogens (primary N) is 1. The Bertz CT molecular complexity index is 1140. The number of ether oxygens (including phenoxy) is 1. The molecule has 1 aromatic rings. The number of hydrogen-bond donors (Lipinski definition) is 3. The quantitative estimate of drug-likeness (QED) is 0.361.